The Morgan fingerprint density at radius 2 is 2.04 bits per heavy atom. The normalized spacial score (nSPS) is 12.0. The highest BCUT2D eigenvalue weighted by molar-refractivity contribution is 9.10. The standard InChI is InChI=1S/C18H20BrN3O3/c1-3-16(21-14-6-4-13(19)5-7-14)18(24)22-20-11-12-10-15(25-2)8-9-17(12)23/h4-11,16,21,23H,3H2,1-2H3,(H,22,24)/b20-11-/t16-/m1/s1. The zero-order valence-electron chi connectivity index (χ0n) is 14.0. The molecule has 2 rings (SSSR count). The molecule has 0 aromatic heterocycles. The number of nitrogens with zero attached hydrogens (tertiary/aromatic N) is 1. The van der Waals surface area contributed by atoms with E-state index in [0.29, 0.717) is 17.7 Å². The SMILES string of the molecule is CC[C@@H](Nc1ccc(Br)cc1)C(=O)N/N=C\c1cc(OC)ccc1O. The van der Waals surface area contributed by atoms with E-state index in [9.17, 15) is 9.90 Å². The molecular formula is C18H20BrN3O3. The van der Waals surface area contributed by atoms with Gasteiger partial charge in [-0.3, -0.25) is 4.79 Å². The highest BCUT2D eigenvalue weighted by Crippen LogP contribution is 2.21. The van der Waals surface area contributed by atoms with Gasteiger partial charge in [0.25, 0.3) is 5.91 Å². The molecule has 0 heterocycles. The highest BCUT2D eigenvalue weighted by atomic mass is 79.9. The molecule has 7 heteroatoms. The average Bonchev–Trinajstić information content (AvgIpc) is 2.62. The van der Waals surface area contributed by atoms with Gasteiger partial charge in [-0.15, -0.1) is 0 Å². The Balaban J connectivity index is 1.98. The largest absolute Gasteiger partial charge is 0.507 e. The van der Waals surface area contributed by atoms with Gasteiger partial charge in [-0.2, -0.15) is 5.10 Å². The van der Waals surface area contributed by atoms with E-state index >= 15 is 0 Å². The maximum atomic E-state index is 12.3. The summed E-state index contributed by atoms with van der Waals surface area (Å²) in [6.45, 7) is 1.91. The Bertz CT molecular complexity index is 748. The Hall–Kier alpha value is -2.54. The molecule has 0 saturated heterocycles. The van der Waals surface area contributed by atoms with E-state index in [4.69, 9.17) is 4.74 Å². The molecule has 1 amide bonds. The third kappa shape index (κ3) is 5.49. The number of benzene rings is 2. The molecule has 0 aliphatic heterocycles. The topological polar surface area (TPSA) is 83.0 Å². The van der Waals surface area contributed by atoms with Crippen LogP contribution in [0.25, 0.3) is 0 Å². The van der Waals surface area contributed by atoms with Crippen LogP contribution < -0.4 is 15.5 Å². The van der Waals surface area contributed by atoms with E-state index in [1.165, 1.54) is 19.4 Å². The van der Waals surface area contributed by atoms with Crippen LogP contribution in [0.15, 0.2) is 52.0 Å². The first kappa shape index (κ1) is 18.8. The number of amides is 1. The van der Waals surface area contributed by atoms with Gasteiger partial charge in [-0.25, -0.2) is 5.43 Å². The molecule has 0 spiro atoms. The number of methoxy groups -OCH3 is 1. The minimum atomic E-state index is -0.419. The lowest BCUT2D eigenvalue weighted by Crippen LogP contribution is -2.36. The third-order valence-corrected chi connectivity index (χ3v) is 4.05. The van der Waals surface area contributed by atoms with Crippen LogP contribution in [0.3, 0.4) is 0 Å². The Morgan fingerprint density at radius 1 is 1.32 bits per heavy atom. The zero-order valence-corrected chi connectivity index (χ0v) is 15.6. The minimum absolute atomic E-state index is 0.0545. The van der Waals surface area contributed by atoms with Crippen LogP contribution in [-0.4, -0.2) is 30.4 Å². The van der Waals surface area contributed by atoms with Gasteiger partial charge in [-0.1, -0.05) is 22.9 Å². The molecule has 3 N–H and O–H groups in total. The Morgan fingerprint density at radius 3 is 2.68 bits per heavy atom. The number of hydrazone groups is 1. The number of ether oxygens (including phenoxy) is 1. The number of carbonyl (C=O) groups excluding carboxylic acids is 1. The third-order valence-electron chi connectivity index (χ3n) is 3.52. The van der Waals surface area contributed by atoms with Crippen LogP contribution in [-0.2, 0) is 4.79 Å². The number of hydrogen-bond donors (Lipinski definition) is 3. The molecule has 2 aromatic rings. The minimum Gasteiger partial charge on any atom is -0.507 e. The summed E-state index contributed by atoms with van der Waals surface area (Å²) in [7, 11) is 1.54. The van der Waals surface area contributed by atoms with Gasteiger partial charge in [0.1, 0.15) is 17.5 Å². The van der Waals surface area contributed by atoms with E-state index in [0.717, 1.165) is 10.2 Å². The summed E-state index contributed by atoms with van der Waals surface area (Å²) in [4.78, 5) is 12.3. The van der Waals surface area contributed by atoms with Gasteiger partial charge in [0.15, 0.2) is 0 Å². The molecule has 0 saturated carbocycles. The maximum absolute atomic E-state index is 12.3. The molecule has 0 unspecified atom stereocenters. The first-order chi connectivity index (χ1) is 12.0. The van der Waals surface area contributed by atoms with Crippen molar-refractivity contribution in [3.05, 3.63) is 52.5 Å². The monoisotopic (exact) mass is 405 g/mol. The molecular weight excluding hydrogens is 386 g/mol. The first-order valence-electron chi connectivity index (χ1n) is 7.75. The quantitative estimate of drug-likeness (QED) is 0.486. The van der Waals surface area contributed by atoms with Crippen molar-refractivity contribution in [3.63, 3.8) is 0 Å². The van der Waals surface area contributed by atoms with Crippen molar-refractivity contribution in [2.45, 2.75) is 19.4 Å². The number of phenolic OH excluding ortho intramolecular Hbond substituents is 1. The van der Waals surface area contributed by atoms with E-state index in [-0.39, 0.29) is 11.7 Å². The van der Waals surface area contributed by atoms with Gasteiger partial charge in [0.05, 0.1) is 13.3 Å². The number of carbonyl (C=O) groups is 1. The van der Waals surface area contributed by atoms with Gasteiger partial charge in [0, 0.05) is 15.7 Å². The number of rotatable bonds is 7. The molecule has 0 bridgehead atoms. The summed E-state index contributed by atoms with van der Waals surface area (Å²) in [5, 5.41) is 16.9. The molecule has 0 aliphatic carbocycles. The van der Waals surface area contributed by atoms with Gasteiger partial charge >= 0.3 is 0 Å². The number of halogens is 1. The lowest BCUT2D eigenvalue weighted by Gasteiger charge is -2.16. The molecule has 0 radical (unpaired) electrons. The van der Waals surface area contributed by atoms with Gasteiger partial charge in [0.2, 0.25) is 0 Å². The molecule has 132 valence electrons. The fraction of sp³-hybridized carbons (Fsp3) is 0.222. The van der Waals surface area contributed by atoms with Crippen molar-refractivity contribution >= 4 is 33.7 Å². The van der Waals surface area contributed by atoms with Crippen molar-refractivity contribution in [2.75, 3.05) is 12.4 Å². The fourth-order valence-corrected chi connectivity index (χ4v) is 2.37. The predicted molar refractivity (Wildman–Crippen MR) is 102 cm³/mol. The van der Waals surface area contributed by atoms with E-state index < -0.39 is 6.04 Å². The molecule has 1 atom stereocenters. The number of phenols is 1. The number of nitrogens with one attached hydrogen (secondary N) is 2. The Labute approximate surface area is 155 Å². The van der Waals surface area contributed by atoms with Gasteiger partial charge in [-0.05, 0) is 48.9 Å². The van der Waals surface area contributed by atoms with Crippen LogP contribution in [0.4, 0.5) is 5.69 Å². The molecule has 25 heavy (non-hydrogen) atoms. The number of hydrogen-bond acceptors (Lipinski definition) is 5. The second-order valence-electron chi connectivity index (χ2n) is 5.27. The second-order valence-corrected chi connectivity index (χ2v) is 6.19. The van der Waals surface area contributed by atoms with E-state index in [2.05, 4.69) is 31.8 Å². The predicted octanol–water partition coefficient (Wildman–Crippen LogP) is 3.50. The van der Waals surface area contributed by atoms with Crippen LogP contribution in [0.2, 0.25) is 0 Å². The van der Waals surface area contributed by atoms with Crippen LogP contribution in [0.5, 0.6) is 11.5 Å². The van der Waals surface area contributed by atoms with Crippen LogP contribution >= 0.6 is 15.9 Å². The van der Waals surface area contributed by atoms with Crippen molar-refractivity contribution in [2.24, 2.45) is 5.10 Å². The van der Waals surface area contributed by atoms with Crippen molar-refractivity contribution in [1.29, 1.82) is 0 Å². The lowest BCUT2D eigenvalue weighted by atomic mass is 10.2. The summed E-state index contributed by atoms with van der Waals surface area (Å²) in [5.74, 6) is 0.386. The zero-order chi connectivity index (χ0) is 18.2. The fourth-order valence-electron chi connectivity index (χ4n) is 2.11. The van der Waals surface area contributed by atoms with E-state index in [1.54, 1.807) is 12.1 Å². The number of aromatic hydroxyl groups is 1. The van der Waals surface area contributed by atoms with Gasteiger partial charge < -0.3 is 15.2 Å². The average molecular weight is 406 g/mol. The summed E-state index contributed by atoms with van der Waals surface area (Å²) in [6.07, 6.45) is 1.98. The number of anilines is 1. The summed E-state index contributed by atoms with van der Waals surface area (Å²) in [6, 6.07) is 11.9. The lowest BCUT2D eigenvalue weighted by molar-refractivity contribution is -0.121. The van der Waals surface area contributed by atoms with Crippen molar-refractivity contribution < 1.29 is 14.6 Å². The second kappa shape index (κ2) is 9.08. The molecule has 2 aromatic carbocycles. The van der Waals surface area contributed by atoms with Crippen molar-refractivity contribution in [1.82, 2.24) is 5.43 Å². The summed E-state index contributed by atoms with van der Waals surface area (Å²) < 4.78 is 6.06. The highest BCUT2D eigenvalue weighted by Gasteiger charge is 2.15. The summed E-state index contributed by atoms with van der Waals surface area (Å²) >= 11 is 3.37. The maximum Gasteiger partial charge on any atom is 0.262 e. The first-order valence-corrected chi connectivity index (χ1v) is 8.54. The summed E-state index contributed by atoms with van der Waals surface area (Å²) in [5.41, 5.74) is 3.78. The molecule has 0 fully saturated rings. The van der Waals surface area contributed by atoms with Crippen LogP contribution in [0.1, 0.15) is 18.9 Å². The van der Waals surface area contributed by atoms with Crippen molar-refractivity contribution in [3.8, 4) is 11.5 Å². The smallest absolute Gasteiger partial charge is 0.262 e. The molecule has 0 aliphatic rings. The molecule has 6 nitrogen and oxygen atoms in total. The Kier molecular flexibility index (Phi) is 6.82. The van der Waals surface area contributed by atoms with E-state index in [1.807, 2.05) is 31.2 Å². The van der Waals surface area contributed by atoms with Crippen LogP contribution in [0, 0.1) is 0 Å².